The van der Waals surface area contributed by atoms with Crippen molar-refractivity contribution in [1.29, 1.82) is 0 Å². The van der Waals surface area contributed by atoms with Gasteiger partial charge in [-0.3, -0.25) is 4.98 Å². The second-order valence-electron chi connectivity index (χ2n) is 2.24. The van der Waals surface area contributed by atoms with Crippen LogP contribution >= 0.6 is 15.9 Å². The second kappa shape index (κ2) is 3.80. The molecule has 12 heavy (non-hydrogen) atoms. The molecular weight excluding hydrogens is 230 g/mol. The minimum atomic E-state index is -2.54. The number of nitrogen functional groups attached to an aromatic ring is 1. The Morgan fingerprint density at radius 1 is 1.58 bits per heavy atom. The van der Waals surface area contributed by atoms with E-state index in [1.165, 1.54) is 12.3 Å². The number of aromatic nitrogens is 1. The summed E-state index contributed by atoms with van der Waals surface area (Å²) in [6, 6.07) is 1.30. The van der Waals surface area contributed by atoms with Gasteiger partial charge in [0.1, 0.15) is 5.69 Å². The Hall–Kier alpha value is -0.710. The number of hydrogen-bond donors (Lipinski definition) is 1. The maximum atomic E-state index is 12.1. The van der Waals surface area contributed by atoms with Crippen molar-refractivity contribution < 1.29 is 8.78 Å². The molecular formula is C7H7BrF2N2. The molecule has 0 aliphatic carbocycles. The van der Waals surface area contributed by atoms with E-state index < -0.39 is 6.43 Å². The zero-order valence-corrected chi connectivity index (χ0v) is 7.68. The molecule has 0 atom stereocenters. The van der Waals surface area contributed by atoms with Gasteiger partial charge in [-0.05, 0) is 11.6 Å². The van der Waals surface area contributed by atoms with Crippen LogP contribution in [0.3, 0.4) is 0 Å². The average molecular weight is 237 g/mol. The molecule has 0 aromatic carbocycles. The van der Waals surface area contributed by atoms with Crippen LogP contribution in [0.5, 0.6) is 0 Å². The third kappa shape index (κ3) is 1.91. The van der Waals surface area contributed by atoms with E-state index in [1.807, 2.05) is 0 Å². The minimum absolute atomic E-state index is 0.237. The second-order valence-corrected chi connectivity index (χ2v) is 2.80. The van der Waals surface area contributed by atoms with Crippen molar-refractivity contribution in [3.63, 3.8) is 0 Å². The highest BCUT2D eigenvalue weighted by Crippen LogP contribution is 2.21. The highest BCUT2D eigenvalue weighted by molar-refractivity contribution is 9.08. The SMILES string of the molecule is Nc1cnc(C(F)F)cc1CBr. The maximum Gasteiger partial charge on any atom is 0.280 e. The van der Waals surface area contributed by atoms with E-state index in [2.05, 4.69) is 20.9 Å². The van der Waals surface area contributed by atoms with Gasteiger partial charge in [0.05, 0.1) is 11.9 Å². The Morgan fingerprint density at radius 3 is 2.75 bits per heavy atom. The lowest BCUT2D eigenvalue weighted by Crippen LogP contribution is -1.97. The molecule has 1 heterocycles. The molecule has 5 heteroatoms. The van der Waals surface area contributed by atoms with E-state index in [4.69, 9.17) is 5.73 Å². The van der Waals surface area contributed by atoms with Crippen molar-refractivity contribution in [2.24, 2.45) is 0 Å². The first-order valence-electron chi connectivity index (χ1n) is 3.23. The molecule has 1 rings (SSSR count). The Morgan fingerprint density at radius 2 is 2.25 bits per heavy atom. The molecule has 2 N–H and O–H groups in total. The molecule has 0 saturated heterocycles. The Kier molecular flexibility index (Phi) is 2.97. The molecule has 0 saturated carbocycles. The van der Waals surface area contributed by atoms with Gasteiger partial charge in [0.25, 0.3) is 6.43 Å². The quantitative estimate of drug-likeness (QED) is 0.802. The van der Waals surface area contributed by atoms with Gasteiger partial charge in [-0.15, -0.1) is 0 Å². The van der Waals surface area contributed by atoms with Crippen LogP contribution < -0.4 is 5.73 Å². The maximum absolute atomic E-state index is 12.1. The van der Waals surface area contributed by atoms with E-state index in [9.17, 15) is 8.78 Å². The number of alkyl halides is 3. The lowest BCUT2D eigenvalue weighted by Gasteiger charge is -2.03. The summed E-state index contributed by atoms with van der Waals surface area (Å²) >= 11 is 3.14. The normalized spacial score (nSPS) is 10.7. The summed E-state index contributed by atoms with van der Waals surface area (Å²) in [6.07, 6.45) is -1.29. The molecule has 2 nitrogen and oxygen atoms in total. The molecule has 0 amide bonds. The van der Waals surface area contributed by atoms with Gasteiger partial charge in [0.15, 0.2) is 0 Å². The van der Waals surface area contributed by atoms with Crippen molar-refractivity contribution in [3.8, 4) is 0 Å². The predicted octanol–water partition coefficient (Wildman–Crippen LogP) is 2.50. The number of rotatable bonds is 2. The monoisotopic (exact) mass is 236 g/mol. The summed E-state index contributed by atoms with van der Waals surface area (Å²) in [5.41, 5.74) is 6.29. The van der Waals surface area contributed by atoms with Gasteiger partial charge in [-0.25, -0.2) is 8.78 Å². The van der Waals surface area contributed by atoms with Crippen LogP contribution in [0.4, 0.5) is 14.5 Å². The molecule has 0 aliphatic rings. The summed E-state index contributed by atoms with van der Waals surface area (Å²) in [4.78, 5) is 3.49. The fraction of sp³-hybridized carbons (Fsp3) is 0.286. The Labute approximate surface area is 76.9 Å². The molecule has 0 fully saturated rings. The number of halogens is 3. The summed E-state index contributed by atoms with van der Waals surface area (Å²) in [5, 5.41) is 0.459. The largest absolute Gasteiger partial charge is 0.397 e. The molecule has 66 valence electrons. The van der Waals surface area contributed by atoms with Gasteiger partial charge in [-0.1, -0.05) is 15.9 Å². The summed E-state index contributed by atoms with van der Waals surface area (Å²) in [6.45, 7) is 0. The summed E-state index contributed by atoms with van der Waals surface area (Å²) < 4.78 is 24.2. The average Bonchev–Trinajstić information content (AvgIpc) is 2.05. The molecule has 1 aromatic heterocycles. The fourth-order valence-electron chi connectivity index (χ4n) is 0.761. The van der Waals surface area contributed by atoms with Gasteiger partial charge in [0.2, 0.25) is 0 Å². The van der Waals surface area contributed by atoms with Gasteiger partial charge in [-0.2, -0.15) is 0 Å². The van der Waals surface area contributed by atoms with E-state index in [1.54, 1.807) is 0 Å². The first kappa shape index (κ1) is 9.38. The number of pyridine rings is 1. The third-order valence-corrected chi connectivity index (χ3v) is 2.02. The first-order valence-corrected chi connectivity index (χ1v) is 4.35. The fourth-order valence-corrected chi connectivity index (χ4v) is 1.25. The molecule has 0 bridgehead atoms. The zero-order valence-electron chi connectivity index (χ0n) is 6.10. The summed E-state index contributed by atoms with van der Waals surface area (Å²) in [5.74, 6) is 0. The Bertz CT molecular complexity index is 278. The van der Waals surface area contributed by atoms with Gasteiger partial charge >= 0.3 is 0 Å². The van der Waals surface area contributed by atoms with E-state index in [0.29, 0.717) is 16.6 Å². The van der Waals surface area contributed by atoms with Crippen LogP contribution in [0, 0.1) is 0 Å². The Balaban J connectivity index is 3.05. The molecule has 0 radical (unpaired) electrons. The molecule has 1 aromatic rings. The third-order valence-electron chi connectivity index (χ3n) is 1.41. The van der Waals surface area contributed by atoms with Gasteiger partial charge < -0.3 is 5.73 Å². The van der Waals surface area contributed by atoms with Crippen molar-refractivity contribution >= 4 is 21.6 Å². The van der Waals surface area contributed by atoms with Crippen LogP contribution in [0.15, 0.2) is 12.3 Å². The molecule has 0 aliphatic heterocycles. The zero-order chi connectivity index (χ0) is 9.14. The van der Waals surface area contributed by atoms with Crippen LogP contribution in [0.2, 0.25) is 0 Å². The van der Waals surface area contributed by atoms with Crippen molar-refractivity contribution in [1.82, 2.24) is 4.98 Å². The first-order chi connectivity index (χ1) is 5.65. The van der Waals surface area contributed by atoms with Crippen molar-refractivity contribution in [3.05, 3.63) is 23.5 Å². The molecule has 0 spiro atoms. The van der Waals surface area contributed by atoms with E-state index in [-0.39, 0.29) is 5.69 Å². The lowest BCUT2D eigenvalue weighted by molar-refractivity contribution is 0.146. The van der Waals surface area contributed by atoms with Crippen LogP contribution in [0.25, 0.3) is 0 Å². The molecule has 0 unspecified atom stereocenters. The number of nitrogens with zero attached hydrogens (tertiary/aromatic N) is 1. The van der Waals surface area contributed by atoms with E-state index >= 15 is 0 Å². The van der Waals surface area contributed by atoms with Crippen LogP contribution in [0.1, 0.15) is 17.7 Å². The smallest absolute Gasteiger partial charge is 0.280 e. The highest BCUT2D eigenvalue weighted by Gasteiger charge is 2.10. The minimum Gasteiger partial charge on any atom is -0.397 e. The number of anilines is 1. The van der Waals surface area contributed by atoms with Crippen LogP contribution in [-0.2, 0) is 5.33 Å². The van der Waals surface area contributed by atoms with Crippen molar-refractivity contribution in [2.75, 3.05) is 5.73 Å². The van der Waals surface area contributed by atoms with Crippen LogP contribution in [-0.4, -0.2) is 4.98 Å². The van der Waals surface area contributed by atoms with Crippen molar-refractivity contribution in [2.45, 2.75) is 11.8 Å². The number of hydrogen-bond acceptors (Lipinski definition) is 2. The van der Waals surface area contributed by atoms with E-state index in [0.717, 1.165) is 0 Å². The van der Waals surface area contributed by atoms with Gasteiger partial charge in [0, 0.05) is 5.33 Å². The topological polar surface area (TPSA) is 38.9 Å². The standard InChI is InChI=1S/C7H7BrF2N2/c8-2-4-1-6(7(9)10)12-3-5(4)11/h1,3,7H,2,11H2. The summed E-state index contributed by atoms with van der Waals surface area (Å²) in [7, 11) is 0. The lowest BCUT2D eigenvalue weighted by atomic mass is 10.2. The number of nitrogens with two attached hydrogens (primary N) is 1. The highest BCUT2D eigenvalue weighted by atomic mass is 79.9. The predicted molar refractivity (Wildman–Crippen MR) is 46.2 cm³/mol.